The van der Waals surface area contributed by atoms with E-state index in [0.29, 0.717) is 36.9 Å². The summed E-state index contributed by atoms with van der Waals surface area (Å²) in [4.78, 5) is 59.6. The first-order chi connectivity index (χ1) is 19.8. The van der Waals surface area contributed by atoms with E-state index in [1.54, 1.807) is 35.9 Å². The van der Waals surface area contributed by atoms with Gasteiger partial charge in [0.1, 0.15) is 11.4 Å². The predicted molar refractivity (Wildman–Crippen MR) is 161 cm³/mol. The van der Waals surface area contributed by atoms with Gasteiger partial charge in [0.25, 0.3) is 5.56 Å². The molecule has 1 aromatic carbocycles. The number of amides is 1. The van der Waals surface area contributed by atoms with E-state index in [0.717, 1.165) is 23.0 Å². The lowest BCUT2D eigenvalue weighted by molar-refractivity contribution is 0.0499. The molecule has 3 aromatic rings. The Balaban J connectivity index is 1.75. The van der Waals surface area contributed by atoms with E-state index in [9.17, 15) is 19.2 Å². The topological polar surface area (TPSA) is 130 Å². The number of fused-ring (bicyclic) bond motifs is 1. The maximum atomic E-state index is 13.9. The number of carbonyl (C=O) groups excluding carboxylic acids is 2. The molecule has 1 N–H and O–H groups in total. The lowest BCUT2D eigenvalue weighted by Gasteiger charge is -2.34. The standard InChI is InChI=1S/C30H40N6O6/c1-19(2)13-15-35-24-25(32-27(35)34-14-9-11-21(17-34)31-28(39)42-30(3,4)5)33(6)29(40)36(26(24)38)18-23(37)20-10-8-12-22(16-20)41-7/h8,10,12-13,16,21H,9,11,14-15,17-18H2,1-7H3,(H,31,39). The Hall–Kier alpha value is -4.35. The summed E-state index contributed by atoms with van der Waals surface area (Å²) in [7, 11) is 3.04. The van der Waals surface area contributed by atoms with Gasteiger partial charge in [-0.2, -0.15) is 4.98 Å². The number of carbonyl (C=O) groups is 2. The molecular weight excluding hydrogens is 540 g/mol. The third-order valence-electron chi connectivity index (χ3n) is 7.01. The van der Waals surface area contributed by atoms with Crippen LogP contribution in [0.15, 0.2) is 45.5 Å². The van der Waals surface area contributed by atoms with Gasteiger partial charge in [-0.25, -0.2) is 9.59 Å². The zero-order chi connectivity index (χ0) is 30.8. The zero-order valence-corrected chi connectivity index (χ0v) is 25.4. The van der Waals surface area contributed by atoms with E-state index < -0.39 is 35.3 Å². The Bertz CT molecular complexity index is 1640. The van der Waals surface area contributed by atoms with E-state index in [-0.39, 0.29) is 17.2 Å². The molecule has 4 rings (SSSR count). The molecule has 0 saturated carbocycles. The molecule has 226 valence electrons. The number of benzene rings is 1. The highest BCUT2D eigenvalue weighted by atomic mass is 16.6. The number of hydrogen-bond acceptors (Lipinski definition) is 8. The summed E-state index contributed by atoms with van der Waals surface area (Å²) in [6.07, 6.45) is 3.03. The quantitative estimate of drug-likeness (QED) is 0.318. The van der Waals surface area contributed by atoms with Crippen LogP contribution in [0.25, 0.3) is 11.2 Å². The molecule has 0 aliphatic carbocycles. The second-order valence-electron chi connectivity index (χ2n) is 11.8. The number of ketones is 1. The number of alkyl carbamates (subject to hydrolysis) is 1. The van der Waals surface area contributed by atoms with Crippen molar-refractivity contribution in [3.05, 3.63) is 62.3 Å². The lowest BCUT2D eigenvalue weighted by atomic mass is 10.1. The molecule has 1 aliphatic rings. The Morgan fingerprint density at radius 1 is 1.17 bits per heavy atom. The van der Waals surface area contributed by atoms with Gasteiger partial charge in [0.2, 0.25) is 5.95 Å². The summed E-state index contributed by atoms with van der Waals surface area (Å²) in [5.41, 5.74) is -0.00553. The van der Waals surface area contributed by atoms with Gasteiger partial charge in [0.05, 0.1) is 13.7 Å². The molecule has 0 bridgehead atoms. The summed E-state index contributed by atoms with van der Waals surface area (Å²) in [5.74, 6) is 0.624. The Kier molecular flexibility index (Phi) is 8.93. The number of methoxy groups -OCH3 is 1. The van der Waals surface area contributed by atoms with Crippen LogP contribution < -0.4 is 26.2 Å². The van der Waals surface area contributed by atoms with Gasteiger partial charge in [0, 0.05) is 38.3 Å². The van der Waals surface area contributed by atoms with E-state index in [2.05, 4.69) is 5.32 Å². The number of piperidine rings is 1. The molecule has 1 fully saturated rings. The zero-order valence-electron chi connectivity index (χ0n) is 25.4. The number of rotatable bonds is 8. The fraction of sp³-hybridized carbons (Fsp3) is 0.500. The number of hydrogen-bond donors (Lipinski definition) is 1. The molecule has 3 heterocycles. The summed E-state index contributed by atoms with van der Waals surface area (Å²) >= 11 is 0. The average molecular weight is 581 g/mol. The van der Waals surface area contributed by atoms with Crippen LogP contribution in [0, 0.1) is 0 Å². The van der Waals surface area contributed by atoms with Crippen molar-refractivity contribution in [3.63, 3.8) is 0 Å². The Morgan fingerprint density at radius 3 is 2.57 bits per heavy atom. The molecular formula is C30H40N6O6. The number of aromatic nitrogens is 4. The summed E-state index contributed by atoms with van der Waals surface area (Å²) in [6.45, 7) is 10.4. The average Bonchev–Trinajstić information content (AvgIpc) is 3.32. The molecule has 0 radical (unpaired) electrons. The van der Waals surface area contributed by atoms with Gasteiger partial charge in [-0.15, -0.1) is 0 Å². The van der Waals surface area contributed by atoms with Crippen molar-refractivity contribution in [3.8, 4) is 5.75 Å². The second kappa shape index (κ2) is 12.3. The highest BCUT2D eigenvalue weighted by Gasteiger charge is 2.29. The highest BCUT2D eigenvalue weighted by molar-refractivity contribution is 5.96. The second-order valence-corrected chi connectivity index (χ2v) is 11.8. The van der Waals surface area contributed by atoms with Crippen LogP contribution in [0.3, 0.4) is 0 Å². The van der Waals surface area contributed by atoms with E-state index in [1.165, 1.54) is 11.7 Å². The minimum absolute atomic E-state index is 0.189. The van der Waals surface area contributed by atoms with Crippen LogP contribution in [0.2, 0.25) is 0 Å². The first kappa shape index (κ1) is 30.6. The number of imidazole rings is 1. The smallest absolute Gasteiger partial charge is 0.407 e. The highest BCUT2D eigenvalue weighted by Crippen LogP contribution is 2.24. The summed E-state index contributed by atoms with van der Waals surface area (Å²) < 4.78 is 14.7. The third kappa shape index (κ3) is 6.75. The van der Waals surface area contributed by atoms with Gasteiger partial charge in [-0.1, -0.05) is 23.8 Å². The molecule has 12 nitrogen and oxygen atoms in total. The van der Waals surface area contributed by atoms with Gasteiger partial charge in [-0.3, -0.25) is 18.7 Å². The number of ether oxygens (including phenoxy) is 2. The van der Waals surface area contributed by atoms with E-state index >= 15 is 0 Å². The van der Waals surface area contributed by atoms with Crippen LogP contribution in [0.4, 0.5) is 10.7 Å². The lowest BCUT2D eigenvalue weighted by Crippen LogP contribution is -2.49. The third-order valence-corrected chi connectivity index (χ3v) is 7.01. The number of nitrogens with zero attached hydrogens (tertiary/aromatic N) is 5. The fourth-order valence-corrected chi connectivity index (χ4v) is 4.97. The molecule has 1 atom stereocenters. The van der Waals surface area contributed by atoms with Gasteiger partial charge < -0.3 is 24.3 Å². The molecule has 1 aliphatic heterocycles. The van der Waals surface area contributed by atoms with Gasteiger partial charge >= 0.3 is 11.8 Å². The summed E-state index contributed by atoms with van der Waals surface area (Å²) in [6, 6.07) is 6.40. The minimum Gasteiger partial charge on any atom is -0.497 e. The molecule has 0 spiro atoms. The summed E-state index contributed by atoms with van der Waals surface area (Å²) in [5, 5.41) is 2.95. The maximum absolute atomic E-state index is 13.9. The number of aryl methyl sites for hydroxylation is 1. The molecule has 1 unspecified atom stereocenters. The van der Waals surface area contributed by atoms with Crippen LogP contribution in [-0.4, -0.2) is 62.4 Å². The Labute approximate surface area is 244 Å². The molecule has 1 amide bonds. The van der Waals surface area contributed by atoms with Crippen molar-refractivity contribution in [1.29, 1.82) is 0 Å². The van der Waals surface area contributed by atoms with Crippen molar-refractivity contribution < 1.29 is 19.1 Å². The van der Waals surface area contributed by atoms with Gasteiger partial charge in [0.15, 0.2) is 16.9 Å². The van der Waals surface area contributed by atoms with E-state index in [4.69, 9.17) is 14.5 Å². The molecule has 12 heteroatoms. The first-order valence-electron chi connectivity index (χ1n) is 14.0. The van der Waals surface area contributed by atoms with Crippen LogP contribution in [-0.2, 0) is 24.9 Å². The SMILES string of the molecule is COc1cccc(C(=O)Cn2c(=O)c3c(nc(N4CCCC(NC(=O)OC(C)(C)C)C4)n3CC=C(C)C)n(C)c2=O)c1. The minimum atomic E-state index is -0.634. The normalized spacial score (nSPS) is 15.4. The van der Waals surface area contributed by atoms with Crippen molar-refractivity contribution >= 4 is 29.0 Å². The van der Waals surface area contributed by atoms with Crippen molar-refractivity contribution in [2.75, 3.05) is 25.1 Å². The van der Waals surface area contributed by atoms with Crippen LogP contribution in [0.1, 0.15) is 57.8 Å². The van der Waals surface area contributed by atoms with Crippen molar-refractivity contribution in [1.82, 2.24) is 24.0 Å². The van der Waals surface area contributed by atoms with Crippen LogP contribution >= 0.6 is 0 Å². The van der Waals surface area contributed by atoms with Gasteiger partial charge in [-0.05, 0) is 59.6 Å². The number of allylic oxidation sites excluding steroid dienone is 2. The number of anilines is 1. The van der Waals surface area contributed by atoms with Crippen LogP contribution in [0.5, 0.6) is 5.75 Å². The molecule has 2 aromatic heterocycles. The maximum Gasteiger partial charge on any atom is 0.407 e. The first-order valence-corrected chi connectivity index (χ1v) is 14.0. The molecule has 1 saturated heterocycles. The fourth-order valence-electron chi connectivity index (χ4n) is 4.97. The Morgan fingerprint density at radius 2 is 1.90 bits per heavy atom. The van der Waals surface area contributed by atoms with E-state index in [1.807, 2.05) is 45.6 Å². The van der Waals surface area contributed by atoms with Crippen molar-refractivity contribution in [2.24, 2.45) is 7.05 Å². The molecule has 42 heavy (non-hydrogen) atoms. The van der Waals surface area contributed by atoms with Crippen molar-refractivity contribution in [2.45, 2.75) is 72.2 Å². The largest absolute Gasteiger partial charge is 0.497 e. The number of Topliss-reactive ketones (excluding diaryl/α,β-unsaturated/α-hetero) is 1. The number of nitrogens with one attached hydrogen (secondary N) is 1. The predicted octanol–water partition coefficient (Wildman–Crippen LogP) is 3.25. The monoisotopic (exact) mass is 580 g/mol.